The molecule has 0 radical (unpaired) electrons. The summed E-state index contributed by atoms with van der Waals surface area (Å²) in [6, 6.07) is 19.1. The van der Waals surface area contributed by atoms with E-state index in [0.717, 1.165) is 33.4 Å². The van der Waals surface area contributed by atoms with E-state index in [1.165, 1.54) is 9.80 Å². The summed E-state index contributed by atoms with van der Waals surface area (Å²) in [7, 11) is -3.73. The lowest BCUT2D eigenvalue weighted by molar-refractivity contribution is -0.133. The quantitative estimate of drug-likeness (QED) is 0.0283. The second-order valence-electron chi connectivity index (χ2n) is 31.3. The van der Waals surface area contributed by atoms with Crippen molar-refractivity contribution in [2.24, 2.45) is 11.5 Å². The minimum absolute atomic E-state index is 0.0338. The number of rotatable bonds is 82. The molecule has 0 aromatic heterocycles. The Hall–Kier alpha value is -6.96. The summed E-state index contributed by atoms with van der Waals surface area (Å²) in [5, 5.41) is 24.0. The Morgan fingerprint density at radius 2 is 0.561 bits per heavy atom. The van der Waals surface area contributed by atoms with E-state index in [2.05, 4.69) is 61.8 Å². The van der Waals surface area contributed by atoms with Gasteiger partial charge in [0, 0.05) is 163 Å². The summed E-state index contributed by atoms with van der Waals surface area (Å²) in [4.78, 5) is 84.7. The van der Waals surface area contributed by atoms with Gasteiger partial charge >= 0.3 is 24.1 Å². The molecule has 6 rings (SSSR count). The lowest BCUT2D eigenvalue weighted by Gasteiger charge is -2.33. The van der Waals surface area contributed by atoms with Crippen LogP contribution in [0.1, 0.15) is 58.1 Å². The third-order valence-corrected chi connectivity index (χ3v) is 24.6. The smallest absolute Gasteiger partial charge is 0.314 e. The number of hydrogen-bond acceptors (Lipinski definition) is 31. The van der Waals surface area contributed by atoms with Crippen LogP contribution >= 0.6 is 46.4 Å². The maximum atomic E-state index is 13.4. The van der Waals surface area contributed by atoms with E-state index in [-0.39, 0.29) is 244 Å². The third-order valence-electron chi connectivity index (χ3n) is 20.6. The third kappa shape index (κ3) is 54.0. The summed E-state index contributed by atoms with van der Waals surface area (Å²) in [5.41, 5.74) is 16.4. The Morgan fingerprint density at radius 1 is 0.324 bits per heavy atom. The average Bonchev–Trinajstić information content (AvgIpc) is 0.775. The van der Waals surface area contributed by atoms with Crippen LogP contribution < -0.4 is 63.4 Å². The monoisotopic (exact) mass is 2090 g/mol. The molecule has 49 heteroatoms. The molecule has 2 aliphatic heterocycles. The van der Waals surface area contributed by atoms with Crippen LogP contribution in [-0.4, -0.2) is 429 Å². The second kappa shape index (κ2) is 74.9. The highest BCUT2D eigenvalue weighted by atomic mass is 35.5. The molecular formula is C90H146Cl4N16O27S2. The maximum Gasteiger partial charge on any atom is 0.314 e. The lowest BCUT2D eigenvalue weighted by Crippen LogP contribution is -2.46. The number of carbonyl (C=O) groups is 6. The number of sulfonamides is 2. The van der Waals surface area contributed by atoms with Gasteiger partial charge in [-0.2, -0.15) is 0 Å². The van der Waals surface area contributed by atoms with Gasteiger partial charge in [0.05, 0.1) is 247 Å². The van der Waals surface area contributed by atoms with Gasteiger partial charge in [-0.3, -0.25) is 9.59 Å². The normalized spacial score (nSPS) is 13.9. The van der Waals surface area contributed by atoms with Crippen molar-refractivity contribution in [1.29, 1.82) is 0 Å². The molecule has 788 valence electrons. The number of nitrogens with zero attached hydrogens (tertiary/aromatic N) is 4. The summed E-state index contributed by atoms with van der Waals surface area (Å²) < 4.78 is 153. The van der Waals surface area contributed by atoms with E-state index in [1.807, 2.05) is 38.4 Å². The van der Waals surface area contributed by atoms with Crippen LogP contribution in [0, 0.1) is 0 Å². The summed E-state index contributed by atoms with van der Waals surface area (Å²) >= 11 is 25.9. The summed E-state index contributed by atoms with van der Waals surface area (Å²) in [6.45, 7) is 15.2. The van der Waals surface area contributed by atoms with Gasteiger partial charge in [-0.25, -0.2) is 45.5 Å². The van der Waals surface area contributed by atoms with Crippen molar-refractivity contribution in [2.75, 3.05) is 357 Å². The Kier molecular flexibility index (Phi) is 65.0. The Bertz CT molecular complexity index is 4080. The molecule has 4 aromatic carbocycles. The molecular weight excluding hydrogens is 1940 g/mol. The van der Waals surface area contributed by atoms with Crippen LogP contribution in [0.15, 0.2) is 82.6 Å². The topological polar surface area (TPSA) is 513 Å². The highest BCUT2D eigenvalue weighted by molar-refractivity contribution is 7.89. The van der Waals surface area contributed by atoms with Gasteiger partial charge in [0.15, 0.2) is 0 Å². The number of amides is 10. The van der Waals surface area contributed by atoms with Gasteiger partial charge < -0.3 is 154 Å². The van der Waals surface area contributed by atoms with Crippen LogP contribution in [-0.2, 0) is 123 Å². The molecule has 10 amide bonds. The first-order valence-electron chi connectivity index (χ1n) is 46.8. The molecule has 4 aromatic rings. The molecule has 0 fully saturated rings. The zero-order valence-corrected chi connectivity index (χ0v) is 84.6. The SMILES string of the molecule is CN1Cc2c(Cl)cc(Cl)cc2[C@H](c2cccc(S(=O)(=O)NCCOCCOCCNC(=O)NCCN(CCNC(=O)NCCOCCOCCN)C(=O)CCOCCOCCOCCOCCOCCOCCOCCOCCOCCC(=O)N(CCNC(=O)NCCOCCOCCN)CCNC(=O)NCCOCCOCCNS(=O)(=O)c3cccc([C@@H]4CN(C)Cc5c(Cl)cc(Cl)cc54)c3)c2)C1. The fraction of sp³-hybridized carbons (Fsp3) is 0.667. The molecule has 43 nitrogen and oxygen atoms in total. The summed E-state index contributed by atoms with van der Waals surface area (Å²) in [6.07, 6.45) is 0.0780. The molecule has 0 bridgehead atoms. The molecule has 2 aliphatic rings. The number of hydrogen-bond donors (Lipinski definition) is 12. The number of nitrogens with two attached hydrogens (primary N) is 2. The minimum Gasteiger partial charge on any atom is -0.379 e. The van der Waals surface area contributed by atoms with E-state index in [1.54, 1.807) is 48.5 Å². The molecule has 2 atom stereocenters. The fourth-order valence-corrected chi connectivity index (χ4v) is 17.1. The van der Waals surface area contributed by atoms with Crippen LogP contribution in [0.4, 0.5) is 19.2 Å². The second-order valence-corrected chi connectivity index (χ2v) is 36.6. The van der Waals surface area contributed by atoms with Gasteiger partial charge in [-0.05, 0) is 96.0 Å². The van der Waals surface area contributed by atoms with Gasteiger partial charge in [0.1, 0.15) is 0 Å². The summed E-state index contributed by atoms with van der Waals surface area (Å²) in [5.74, 6) is -0.760. The molecule has 0 unspecified atom stereocenters. The van der Waals surface area contributed by atoms with Crippen LogP contribution in [0.2, 0.25) is 20.1 Å². The molecule has 14 N–H and O–H groups in total. The van der Waals surface area contributed by atoms with E-state index in [9.17, 15) is 45.6 Å². The number of likely N-dealkylation sites (N-methyl/N-ethyl adjacent to an activating group) is 2. The Labute approximate surface area is 837 Å². The number of ether oxygens (including phenoxy) is 17. The Morgan fingerprint density at radius 3 is 0.827 bits per heavy atom. The van der Waals surface area contributed by atoms with Crippen LogP contribution in [0.25, 0.3) is 0 Å². The van der Waals surface area contributed by atoms with E-state index >= 15 is 0 Å². The molecule has 2 heterocycles. The molecule has 0 saturated heterocycles. The van der Waals surface area contributed by atoms with E-state index in [4.69, 9.17) is 138 Å². The molecule has 0 spiro atoms. The van der Waals surface area contributed by atoms with Crippen LogP contribution in [0.3, 0.4) is 0 Å². The van der Waals surface area contributed by atoms with Gasteiger partial charge in [0.2, 0.25) is 31.9 Å². The fourth-order valence-electron chi connectivity index (χ4n) is 13.8. The first-order chi connectivity index (χ1) is 67.5. The zero-order valence-electron chi connectivity index (χ0n) is 80.0. The van der Waals surface area contributed by atoms with Crippen LogP contribution in [0.5, 0.6) is 0 Å². The highest BCUT2D eigenvalue weighted by Gasteiger charge is 2.31. The van der Waals surface area contributed by atoms with Crippen molar-refractivity contribution in [2.45, 2.75) is 47.6 Å². The number of nitrogens with one attached hydrogen (secondary N) is 10. The molecule has 139 heavy (non-hydrogen) atoms. The van der Waals surface area contributed by atoms with Gasteiger partial charge in [-0.15, -0.1) is 0 Å². The highest BCUT2D eigenvalue weighted by Crippen LogP contribution is 2.41. The van der Waals surface area contributed by atoms with Gasteiger partial charge in [0.25, 0.3) is 0 Å². The standard InChI is InChI=1S/C90H146Cl4N16O27S2/c1-107-67-79(77-63-73(91)65-83(93)81(77)69-107)71-5-3-7-75(61-71)138(117,118)105-21-35-129-45-43-127-33-19-103-89(115)99-15-25-109(23-13-97-87(113)101-17-31-125-41-39-123-29-11-95)85(111)9-27-121-37-47-131-49-51-133-53-55-135-57-59-137-60-58-136-56-54-134-52-50-132-48-38-122-28-10-86(112)110(24-14-98-88(114)102-18-32-126-42-40-124-30-12-96)26-16-100-90(116)104-20-34-128-44-46-130-36-22-106-139(119,120)76-8-4-6-72(62-76)80-68-108(2)70-82-78(80)64-74(92)66-84(82)94/h3-8,61-66,79-80,105-106H,9-60,67-70,95-96H2,1-2H3,(H2,97,101,113)(H2,98,102,114)(H2,99,103,115)(H2,100,104,116)/t79-,80-/m0/s1. The molecule has 0 aliphatic carbocycles. The average molecular weight is 2090 g/mol. The Balaban J connectivity index is 0.713. The van der Waals surface area contributed by atoms with Crippen molar-refractivity contribution >= 4 is 102 Å². The van der Waals surface area contributed by atoms with Crippen molar-refractivity contribution in [3.63, 3.8) is 0 Å². The largest absolute Gasteiger partial charge is 0.379 e. The maximum absolute atomic E-state index is 13.4. The predicted octanol–water partition coefficient (Wildman–Crippen LogP) is 2.55. The van der Waals surface area contributed by atoms with E-state index in [0.29, 0.717) is 178 Å². The number of urea groups is 4. The first kappa shape index (κ1) is 121. The van der Waals surface area contributed by atoms with Crippen molar-refractivity contribution < 1.29 is 126 Å². The predicted molar refractivity (Wildman–Crippen MR) is 523 cm³/mol. The lowest BCUT2D eigenvalue weighted by atomic mass is 9.85. The minimum atomic E-state index is -3.86. The number of carbonyl (C=O) groups excluding carboxylic acids is 6. The van der Waals surface area contributed by atoms with Crippen molar-refractivity contribution in [1.82, 2.24) is 71.6 Å². The molecule has 0 saturated carbocycles. The number of fused-ring (bicyclic) bond motifs is 2. The van der Waals surface area contributed by atoms with E-state index < -0.39 is 44.2 Å². The van der Waals surface area contributed by atoms with Crippen molar-refractivity contribution in [3.05, 3.63) is 126 Å². The number of benzene rings is 4. The van der Waals surface area contributed by atoms with Crippen molar-refractivity contribution in [3.8, 4) is 0 Å². The zero-order chi connectivity index (χ0) is 100. The number of halogens is 4. The first-order valence-corrected chi connectivity index (χ1v) is 51.3. The van der Waals surface area contributed by atoms with Gasteiger partial charge in [-0.1, -0.05) is 70.7 Å².